The molecular weight excluding hydrogens is 347 g/mol. The number of halogens is 2. The highest BCUT2D eigenvalue weighted by atomic mass is 35.5. The van der Waals surface area contributed by atoms with Gasteiger partial charge in [-0.1, -0.05) is 17.7 Å². The lowest BCUT2D eigenvalue weighted by atomic mass is 10.1. The summed E-state index contributed by atoms with van der Waals surface area (Å²) in [5, 5.41) is 5.75. The number of rotatable bonds is 6. The van der Waals surface area contributed by atoms with Crippen LogP contribution < -0.4 is 15.4 Å². The number of benzene rings is 2. The standard InChI is InChI=1S/C18H18ClFN2O3/c1-11-3-4-12(9-15(11)20)17(23)21-7-8-22-18(24)14-6-5-13(19)10-16(14)25-2/h3-6,9-10H,7-8H2,1-2H3,(H,21,23)(H,22,24). The highest BCUT2D eigenvalue weighted by molar-refractivity contribution is 6.30. The summed E-state index contributed by atoms with van der Waals surface area (Å²) in [6, 6.07) is 8.96. The summed E-state index contributed by atoms with van der Waals surface area (Å²) in [6.07, 6.45) is 0. The number of methoxy groups -OCH3 is 1. The van der Waals surface area contributed by atoms with Gasteiger partial charge in [0.05, 0.1) is 12.7 Å². The molecule has 0 aliphatic carbocycles. The number of aryl methyl sites for hydroxylation is 1. The second kappa shape index (κ2) is 8.48. The van der Waals surface area contributed by atoms with Gasteiger partial charge in [0.1, 0.15) is 11.6 Å². The van der Waals surface area contributed by atoms with Crippen molar-refractivity contribution in [2.45, 2.75) is 6.92 Å². The van der Waals surface area contributed by atoms with Crippen molar-refractivity contribution in [3.05, 3.63) is 63.9 Å². The number of hydrogen-bond donors (Lipinski definition) is 2. The molecule has 25 heavy (non-hydrogen) atoms. The molecule has 2 aromatic rings. The lowest BCUT2D eigenvalue weighted by Gasteiger charge is -2.10. The summed E-state index contributed by atoms with van der Waals surface area (Å²) in [6.45, 7) is 2.04. The Morgan fingerprint density at radius 3 is 2.40 bits per heavy atom. The van der Waals surface area contributed by atoms with Gasteiger partial charge in [-0.25, -0.2) is 4.39 Å². The first-order valence-electron chi connectivity index (χ1n) is 7.58. The molecule has 0 saturated heterocycles. The molecule has 0 heterocycles. The maximum atomic E-state index is 13.5. The van der Waals surface area contributed by atoms with Crippen LogP contribution in [0.15, 0.2) is 36.4 Å². The van der Waals surface area contributed by atoms with E-state index in [4.69, 9.17) is 16.3 Å². The molecule has 132 valence electrons. The zero-order valence-corrected chi connectivity index (χ0v) is 14.6. The van der Waals surface area contributed by atoms with E-state index in [2.05, 4.69) is 10.6 Å². The van der Waals surface area contributed by atoms with Gasteiger partial charge in [0.15, 0.2) is 0 Å². The van der Waals surface area contributed by atoms with Crippen LogP contribution in [0.25, 0.3) is 0 Å². The average Bonchev–Trinajstić information content (AvgIpc) is 2.60. The van der Waals surface area contributed by atoms with Crippen LogP contribution in [0.3, 0.4) is 0 Å². The Balaban J connectivity index is 1.85. The molecule has 0 spiro atoms. The molecule has 0 radical (unpaired) electrons. The number of amides is 2. The molecule has 0 aliphatic rings. The van der Waals surface area contributed by atoms with Crippen LogP contribution in [0, 0.1) is 12.7 Å². The summed E-state index contributed by atoms with van der Waals surface area (Å²) < 4.78 is 18.6. The molecular formula is C18H18ClFN2O3. The van der Waals surface area contributed by atoms with Crippen molar-refractivity contribution < 1.29 is 18.7 Å². The van der Waals surface area contributed by atoms with Crippen molar-refractivity contribution >= 4 is 23.4 Å². The lowest BCUT2D eigenvalue weighted by Crippen LogP contribution is -2.34. The minimum absolute atomic E-state index is 0.204. The van der Waals surface area contributed by atoms with E-state index in [0.29, 0.717) is 21.9 Å². The van der Waals surface area contributed by atoms with Gasteiger partial charge < -0.3 is 15.4 Å². The van der Waals surface area contributed by atoms with Gasteiger partial charge in [-0.05, 0) is 42.8 Å². The summed E-state index contributed by atoms with van der Waals surface area (Å²) in [4.78, 5) is 24.1. The van der Waals surface area contributed by atoms with Gasteiger partial charge in [0.2, 0.25) is 0 Å². The first kappa shape index (κ1) is 18.7. The number of carbonyl (C=O) groups excluding carboxylic acids is 2. The molecule has 7 heteroatoms. The highest BCUT2D eigenvalue weighted by Crippen LogP contribution is 2.22. The van der Waals surface area contributed by atoms with E-state index in [1.807, 2.05) is 0 Å². The summed E-state index contributed by atoms with van der Waals surface area (Å²) in [7, 11) is 1.45. The third kappa shape index (κ3) is 4.93. The Morgan fingerprint density at radius 1 is 1.08 bits per heavy atom. The fourth-order valence-electron chi connectivity index (χ4n) is 2.14. The maximum Gasteiger partial charge on any atom is 0.255 e. The van der Waals surface area contributed by atoms with Gasteiger partial charge in [-0.3, -0.25) is 9.59 Å². The van der Waals surface area contributed by atoms with Crippen molar-refractivity contribution in [2.75, 3.05) is 20.2 Å². The molecule has 2 amide bonds. The van der Waals surface area contributed by atoms with E-state index in [1.165, 1.54) is 13.2 Å². The highest BCUT2D eigenvalue weighted by Gasteiger charge is 2.12. The normalized spacial score (nSPS) is 10.2. The Kier molecular flexibility index (Phi) is 6.36. The number of carbonyl (C=O) groups is 2. The predicted molar refractivity (Wildman–Crippen MR) is 93.8 cm³/mol. The molecule has 0 saturated carbocycles. The molecule has 5 nitrogen and oxygen atoms in total. The minimum Gasteiger partial charge on any atom is -0.496 e. The predicted octanol–water partition coefficient (Wildman–Crippen LogP) is 2.96. The third-order valence-corrected chi connectivity index (χ3v) is 3.77. The molecule has 0 aliphatic heterocycles. The molecule has 0 fully saturated rings. The fraction of sp³-hybridized carbons (Fsp3) is 0.222. The second-order valence-corrected chi connectivity index (χ2v) is 5.76. The second-order valence-electron chi connectivity index (χ2n) is 5.32. The van der Waals surface area contributed by atoms with Crippen molar-refractivity contribution in [3.8, 4) is 5.75 Å². The van der Waals surface area contributed by atoms with Crippen LogP contribution in [0.2, 0.25) is 5.02 Å². The maximum absolute atomic E-state index is 13.5. The van der Waals surface area contributed by atoms with Gasteiger partial charge in [-0.15, -0.1) is 0 Å². The Labute approximate surface area is 150 Å². The number of ether oxygens (including phenoxy) is 1. The Morgan fingerprint density at radius 2 is 1.76 bits per heavy atom. The summed E-state index contributed by atoms with van der Waals surface area (Å²) >= 11 is 5.86. The molecule has 0 bridgehead atoms. The quantitative estimate of drug-likeness (QED) is 0.774. The van der Waals surface area contributed by atoms with Crippen molar-refractivity contribution in [2.24, 2.45) is 0 Å². The number of nitrogens with one attached hydrogen (secondary N) is 2. The average molecular weight is 365 g/mol. The molecule has 2 aromatic carbocycles. The van der Waals surface area contributed by atoms with Crippen molar-refractivity contribution in [1.82, 2.24) is 10.6 Å². The molecule has 2 rings (SSSR count). The summed E-state index contributed by atoms with van der Waals surface area (Å²) in [5.41, 5.74) is 1.05. The van der Waals surface area contributed by atoms with Crippen LogP contribution in [-0.4, -0.2) is 32.0 Å². The minimum atomic E-state index is -0.434. The van der Waals surface area contributed by atoms with Crippen LogP contribution in [0.1, 0.15) is 26.3 Å². The molecule has 0 atom stereocenters. The third-order valence-electron chi connectivity index (χ3n) is 3.54. The molecule has 2 N–H and O–H groups in total. The lowest BCUT2D eigenvalue weighted by molar-refractivity contribution is 0.0926. The van der Waals surface area contributed by atoms with E-state index >= 15 is 0 Å². The van der Waals surface area contributed by atoms with E-state index < -0.39 is 11.7 Å². The largest absolute Gasteiger partial charge is 0.496 e. The van der Waals surface area contributed by atoms with Crippen molar-refractivity contribution in [3.63, 3.8) is 0 Å². The topological polar surface area (TPSA) is 67.4 Å². The first-order valence-corrected chi connectivity index (χ1v) is 7.96. The van der Waals surface area contributed by atoms with E-state index in [0.717, 1.165) is 0 Å². The zero-order chi connectivity index (χ0) is 18.4. The zero-order valence-electron chi connectivity index (χ0n) is 13.9. The van der Waals surface area contributed by atoms with E-state index in [1.54, 1.807) is 37.3 Å². The Bertz CT molecular complexity index is 796. The fourth-order valence-corrected chi connectivity index (χ4v) is 2.30. The van der Waals surface area contributed by atoms with Gasteiger partial charge in [0.25, 0.3) is 11.8 Å². The molecule has 0 unspecified atom stereocenters. The van der Waals surface area contributed by atoms with Gasteiger partial charge in [0, 0.05) is 23.7 Å². The van der Waals surface area contributed by atoms with Gasteiger partial charge in [-0.2, -0.15) is 0 Å². The number of hydrogen-bond acceptors (Lipinski definition) is 3. The van der Waals surface area contributed by atoms with E-state index in [9.17, 15) is 14.0 Å². The van der Waals surface area contributed by atoms with Crippen LogP contribution in [0.4, 0.5) is 4.39 Å². The van der Waals surface area contributed by atoms with Gasteiger partial charge >= 0.3 is 0 Å². The summed E-state index contributed by atoms with van der Waals surface area (Å²) in [5.74, 6) is -0.818. The van der Waals surface area contributed by atoms with Crippen LogP contribution in [0.5, 0.6) is 5.75 Å². The van der Waals surface area contributed by atoms with Crippen LogP contribution in [-0.2, 0) is 0 Å². The molecule has 0 aromatic heterocycles. The van der Waals surface area contributed by atoms with Crippen LogP contribution >= 0.6 is 11.6 Å². The Hall–Kier alpha value is -2.60. The smallest absolute Gasteiger partial charge is 0.255 e. The van der Waals surface area contributed by atoms with Crippen molar-refractivity contribution in [1.29, 1.82) is 0 Å². The van der Waals surface area contributed by atoms with E-state index in [-0.39, 0.29) is 24.6 Å². The SMILES string of the molecule is COc1cc(Cl)ccc1C(=O)NCCNC(=O)c1ccc(C)c(F)c1. The monoisotopic (exact) mass is 364 g/mol. The first-order chi connectivity index (χ1) is 11.9.